The van der Waals surface area contributed by atoms with E-state index in [1.807, 2.05) is 25.1 Å². The number of imidazole rings is 1. The van der Waals surface area contributed by atoms with Crippen LogP contribution in [0.1, 0.15) is 33.6 Å². The maximum absolute atomic E-state index is 5.52. The van der Waals surface area contributed by atoms with Gasteiger partial charge in [0.05, 0.1) is 17.6 Å². The zero-order valence-corrected chi connectivity index (χ0v) is 13.9. The molecule has 2 rings (SSSR count). The quantitative estimate of drug-likeness (QED) is 0.546. The lowest BCUT2D eigenvalue weighted by molar-refractivity contribution is 0.340. The molecule has 4 nitrogen and oxygen atoms in total. The molecule has 1 aromatic heterocycles. The molecule has 1 unspecified atom stereocenters. The van der Waals surface area contributed by atoms with Crippen LogP contribution in [-0.4, -0.2) is 34.9 Å². The molecule has 0 amide bonds. The van der Waals surface area contributed by atoms with Crippen molar-refractivity contribution >= 4 is 22.8 Å². The Labute approximate surface area is 131 Å². The van der Waals surface area contributed by atoms with Crippen LogP contribution in [0.5, 0.6) is 5.75 Å². The summed E-state index contributed by atoms with van der Waals surface area (Å²) in [7, 11) is 0. The van der Waals surface area contributed by atoms with E-state index < -0.39 is 0 Å². The third kappa shape index (κ3) is 4.93. The first-order valence-corrected chi connectivity index (χ1v) is 8.60. The Morgan fingerprint density at radius 3 is 3.00 bits per heavy atom. The molecule has 0 aliphatic heterocycles. The van der Waals surface area contributed by atoms with Crippen LogP contribution in [-0.2, 0) is 0 Å². The first-order valence-electron chi connectivity index (χ1n) is 7.72. The van der Waals surface area contributed by atoms with Crippen LogP contribution in [0.3, 0.4) is 0 Å². The zero-order chi connectivity index (χ0) is 15.1. The van der Waals surface area contributed by atoms with Crippen LogP contribution in [0.15, 0.2) is 23.4 Å². The van der Waals surface area contributed by atoms with Crippen LogP contribution in [0, 0.1) is 0 Å². The number of hydrogen-bond acceptors (Lipinski definition) is 4. The number of ether oxygens (including phenoxy) is 1. The molecule has 0 fully saturated rings. The van der Waals surface area contributed by atoms with Crippen molar-refractivity contribution in [3.8, 4) is 5.75 Å². The van der Waals surface area contributed by atoms with Crippen molar-refractivity contribution < 1.29 is 4.74 Å². The molecule has 5 heteroatoms. The molecule has 1 heterocycles. The van der Waals surface area contributed by atoms with E-state index in [1.54, 1.807) is 11.8 Å². The number of hydrogen-bond donors (Lipinski definition) is 2. The number of H-pyrrole nitrogens is 1. The lowest BCUT2D eigenvalue weighted by atomic mass is 10.3. The monoisotopic (exact) mass is 307 g/mol. The lowest BCUT2D eigenvalue weighted by Crippen LogP contribution is -2.23. The van der Waals surface area contributed by atoms with Gasteiger partial charge in [0.2, 0.25) is 0 Å². The van der Waals surface area contributed by atoms with Gasteiger partial charge in [0, 0.05) is 17.9 Å². The second-order valence-electron chi connectivity index (χ2n) is 5.14. The second-order valence-corrected chi connectivity index (χ2v) is 6.57. The van der Waals surface area contributed by atoms with E-state index in [9.17, 15) is 0 Å². The number of aromatic nitrogens is 2. The Morgan fingerprint density at radius 2 is 2.24 bits per heavy atom. The van der Waals surface area contributed by atoms with Crippen molar-refractivity contribution in [2.45, 2.75) is 44.0 Å². The van der Waals surface area contributed by atoms with Crippen molar-refractivity contribution in [2.24, 2.45) is 0 Å². The molecule has 116 valence electrons. The molecule has 0 saturated carbocycles. The highest BCUT2D eigenvalue weighted by molar-refractivity contribution is 7.99. The minimum absolute atomic E-state index is 0.494. The summed E-state index contributed by atoms with van der Waals surface area (Å²) in [6.07, 6.45) is 2.47. The number of aromatic amines is 1. The molecule has 21 heavy (non-hydrogen) atoms. The summed E-state index contributed by atoms with van der Waals surface area (Å²) < 4.78 is 5.52. The Hall–Kier alpha value is -1.20. The average molecular weight is 307 g/mol. The zero-order valence-electron chi connectivity index (χ0n) is 13.1. The fraction of sp³-hybridized carbons (Fsp3) is 0.562. The van der Waals surface area contributed by atoms with Gasteiger partial charge in [-0.15, -0.1) is 0 Å². The molecule has 0 aliphatic carbocycles. The van der Waals surface area contributed by atoms with E-state index in [0.717, 1.165) is 35.0 Å². The first-order chi connectivity index (χ1) is 10.2. The Morgan fingerprint density at radius 1 is 1.38 bits per heavy atom. The molecule has 0 spiro atoms. The number of thioether (sulfide) groups is 1. The summed E-state index contributed by atoms with van der Waals surface area (Å²) >= 11 is 1.78. The fourth-order valence-corrected chi connectivity index (χ4v) is 3.02. The minimum atomic E-state index is 0.494. The third-order valence-electron chi connectivity index (χ3n) is 3.19. The van der Waals surface area contributed by atoms with Crippen molar-refractivity contribution in [1.29, 1.82) is 0 Å². The van der Waals surface area contributed by atoms with Gasteiger partial charge in [-0.25, -0.2) is 4.98 Å². The van der Waals surface area contributed by atoms with Crippen molar-refractivity contribution in [3.63, 3.8) is 0 Å². The van der Waals surface area contributed by atoms with Gasteiger partial charge in [-0.1, -0.05) is 32.0 Å². The van der Waals surface area contributed by atoms with Crippen LogP contribution in [0.2, 0.25) is 0 Å². The van der Waals surface area contributed by atoms with Crippen LogP contribution in [0.25, 0.3) is 11.0 Å². The van der Waals surface area contributed by atoms with Gasteiger partial charge < -0.3 is 15.0 Å². The Bertz CT molecular complexity index is 555. The number of nitrogens with one attached hydrogen (secondary N) is 2. The summed E-state index contributed by atoms with van der Waals surface area (Å²) in [5.74, 6) is 0.888. The predicted molar refractivity (Wildman–Crippen MR) is 90.4 cm³/mol. The maximum Gasteiger partial charge on any atom is 0.166 e. The molecule has 0 aliphatic rings. The summed E-state index contributed by atoms with van der Waals surface area (Å²) in [4.78, 5) is 7.99. The molecule has 2 N–H and O–H groups in total. The first kappa shape index (κ1) is 16.2. The molecular formula is C16H25N3OS. The SMILES string of the molecule is CCCCNCC(C)Sc1nc2ccc(OCC)cc2[nH]1. The van der Waals surface area contributed by atoms with Crippen LogP contribution < -0.4 is 10.1 Å². The number of benzene rings is 1. The molecular weight excluding hydrogens is 282 g/mol. The van der Waals surface area contributed by atoms with E-state index in [0.29, 0.717) is 11.9 Å². The maximum atomic E-state index is 5.52. The van der Waals surface area contributed by atoms with Gasteiger partial charge >= 0.3 is 0 Å². The van der Waals surface area contributed by atoms with E-state index in [4.69, 9.17) is 4.74 Å². The highest BCUT2D eigenvalue weighted by Crippen LogP contribution is 2.25. The fourth-order valence-electron chi connectivity index (χ4n) is 2.12. The van der Waals surface area contributed by atoms with Crippen molar-refractivity contribution in [2.75, 3.05) is 19.7 Å². The van der Waals surface area contributed by atoms with Gasteiger partial charge in [0.1, 0.15) is 5.75 Å². The average Bonchev–Trinajstić information content (AvgIpc) is 2.85. The van der Waals surface area contributed by atoms with Gasteiger partial charge in [-0.2, -0.15) is 0 Å². The van der Waals surface area contributed by atoms with E-state index in [2.05, 4.69) is 29.1 Å². The molecule has 1 atom stereocenters. The number of unbranched alkanes of at least 4 members (excludes halogenated alkanes) is 1. The number of rotatable bonds is 9. The van der Waals surface area contributed by atoms with Crippen LogP contribution in [0.4, 0.5) is 0 Å². The predicted octanol–water partition coefficient (Wildman–Crippen LogP) is 3.83. The second kappa shape index (κ2) is 8.29. The minimum Gasteiger partial charge on any atom is -0.494 e. The smallest absolute Gasteiger partial charge is 0.166 e. The number of nitrogens with zero attached hydrogens (tertiary/aromatic N) is 1. The van der Waals surface area contributed by atoms with Gasteiger partial charge in [0.25, 0.3) is 0 Å². The standard InChI is InChI=1S/C16H25N3OS/c1-4-6-9-17-11-12(3)21-16-18-14-8-7-13(20-5-2)10-15(14)19-16/h7-8,10,12,17H,4-6,9,11H2,1-3H3,(H,18,19). The van der Waals surface area contributed by atoms with Gasteiger partial charge in [-0.3, -0.25) is 0 Å². The lowest BCUT2D eigenvalue weighted by Gasteiger charge is -2.10. The summed E-state index contributed by atoms with van der Waals surface area (Å²) in [5, 5.41) is 4.95. The van der Waals surface area contributed by atoms with E-state index >= 15 is 0 Å². The third-order valence-corrected chi connectivity index (χ3v) is 4.18. The molecule has 1 aromatic carbocycles. The molecule has 0 bridgehead atoms. The highest BCUT2D eigenvalue weighted by Gasteiger charge is 2.09. The van der Waals surface area contributed by atoms with E-state index in [-0.39, 0.29) is 0 Å². The summed E-state index contributed by atoms with van der Waals surface area (Å²) in [6, 6.07) is 5.99. The Kier molecular flexibility index (Phi) is 6.39. The van der Waals surface area contributed by atoms with E-state index in [1.165, 1.54) is 12.8 Å². The van der Waals surface area contributed by atoms with Gasteiger partial charge in [-0.05, 0) is 32.0 Å². The van der Waals surface area contributed by atoms with Crippen molar-refractivity contribution in [1.82, 2.24) is 15.3 Å². The highest BCUT2D eigenvalue weighted by atomic mass is 32.2. The topological polar surface area (TPSA) is 49.9 Å². The molecule has 0 radical (unpaired) electrons. The Balaban J connectivity index is 1.92. The number of fused-ring (bicyclic) bond motifs is 1. The normalized spacial score (nSPS) is 12.7. The summed E-state index contributed by atoms with van der Waals surface area (Å²) in [6.45, 7) is 9.21. The molecule has 2 aromatic rings. The largest absolute Gasteiger partial charge is 0.494 e. The van der Waals surface area contributed by atoms with Gasteiger partial charge in [0.15, 0.2) is 5.16 Å². The van der Waals surface area contributed by atoms with Crippen molar-refractivity contribution in [3.05, 3.63) is 18.2 Å². The van der Waals surface area contributed by atoms with Crippen LogP contribution >= 0.6 is 11.8 Å². The molecule has 0 saturated heterocycles. The summed E-state index contributed by atoms with van der Waals surface area (Å²) in [5.41, 5.74) is 2.03.